The highest BCUT2D eigenvalue weighted by Crippen LogP contribution is 2.12. The van der Waals surface area contributed by atoms with Crippen molar-refractivity contribution in [1.82, 2.24) is 9.78 Å². The van der Waals surface area contributed by atoms with Crippen molar-refractivity contribution in [2.75, 3.05) is 0 Å². The summed E-state index contributed by atoms with van der Waals surface area (Å²) in [6.45, 7) is 3.82. The van der Waals surface area contributed by atoms with Gasteiger partial charge in [0.05, 0.1) is 17.7 Å². The normalized spacial score (nSPS) is 14.9. The highest BCUT2D eigenvalue weighted by atomic mass is 16.1. The molecule has 1 rings (SSSR count). The number of carbonyl (C=O) groups excluding carboxylic acids is 1. The summed E-state index contributed by atoms with van der Waals surface area (Å²) in [6.07, 6.45) is 3.80. The zero-order chi connectivity index (χ0) is 11.5. The number of carbonyl (C=O) groups is 1. The molecule has 15 heavy (non-hydrogen) atoms. The molecular weight excluding hydrogens is 190 g/mol. The minimum absolute atomic E-state index is 0.0584. The van der Waals surface area contributed by atoms with Gasteiger partial charge in [-0.25, -0.2) is 0 Å². The lowest BCUT2D eigenvalue weighted by Gasteiger charge is -2.21. The van der Waals surface area contributed by atoms with Crippen molar-refractivity contribution >= 4 is 5.78 Å². The molecule has 0 fully saturated rings. The smallest absolute Gasteiger partial charge is 0.158 e. The molecule has 0 radical (unpaired) electrons. The summed E-state index contributed by atoms with van der Waals surface area (Å²) in [4.78, 5) is 11.9. The number of hydrogen-bond donors (Lipinski definition) is 1. The second-order valence-corrected chi connectivity index (χ2v) is 4.25. The Morgan fingerprint density at radius 1 is 1.67 bits per heavy atom. The van der Waals surface area contributed by atoms with Gasteiger partial charge in [0.2, 0.25) is 0 Å². The van der Waals surface area contributed by atoms with Gasteiger partial charge in [0.1, 0.15) is 0 Å². The molecule has 0 aromatic carbocycles. The van der Waals surface area contributed by atoms with Crippen LogP contribution in [0.2, 0.25) is 0 Å². The predicted molar refractivity (Wildman–Crippen MR) is 59.4 cm³/mol. The Bertz CT molecular complexity index is 341. The molecule has 84 valence electrons. The fourth-order valence-corrected chi connectivity index (χ4v) is 1.58. The van der Waals surface area contributed by atoms with Gasteiger partial charge in [0, 0.05) is 13.2 Å². The second kappa shape index (κ2) is 4.57. The average Bonchev–Trinajstić information content (AvgIpc) is 2.51. The number of ketones is 1. The van der Waals surface area contributed by atoms with Crippen molar-refractivity contribution in [1.29, 1.82) is 0 Å². The van der Waals surface area contributed by atoms with Crippen molar-refractivity contribution in [3.8, 4) is 0 Å². The molecule has 0 aliphatic carbocycles. The van der Waals surface area contributed by atoms with Crippen LogP contribution in [0, 0.1) is 0 Å². The molecule has 0 aliphatic heterocycles. The highest BCUT2D eigenvalue weighted by molar-refractivity contribution is 5.89. The third kappa shape index (κ3) is 3.16. The van der Waals surface area contributed by atoms with Crippen LogP contribution in [0.5, 0.6) is 0 Å². The van der Waals surface area contributed by atoms with Gasteiger partial charge >= 0.3 is 0 Å². The second-order valence-electron chi connectivity index (χ2n) is 4.25. The van der Waals surface area contributed by atoms with E-state index in [0.717, 1.165) is 18.5 Å². The third-order valence-corrected chi connectivity index (χ3v) is 2.52. The van der Waals surface area contributed by atoms with E-state index in [9.17, 15) is 4.79 Å². The number of rotatable bonds is 5. The molecule has 4 heteroatoms. The standard InChI is InChI=1S/C11H19N3O/c1-4-6-11(2,12)10(15)8-9-5-7-14(3)13-9/h5,7H,4,6,8,12H2,1-3H3. The van der Waals surface area contributed by atoms with E-state index in [1.54, 1.807) is 11.6 Å². The zero-order valence-corrected chi connectivity index (χ0v) is 9.66. The summed E-state index contributed by atoms with van der Waals surface area (Å²) in [7, 11) is 1.83. The lowest BCUT2D eigenvalue weighted by Crippen LogP contribution is -2.45. The summed E-state index contributed by atoms with van der Waals surface area (Å²) in [6, 6.07) is 1.85. The first-order valence-corrected chi connectivity index (χ1v) is 5.26. The van der Waals surface area contributed by atoms with E-state index in [1.807, 2.05) is 26.2 Å². The quantitative estimate of drug-likeness (QED) is 0.788. The molecule has 4 nitrogen and oxygen atoms in total. The molecule has 2 N–H and O–H groups in total. The van der Waals surface area contributed by atoms with E-state index < -0.39 is 5.54 Å². The number of Topliss-reactive ketones (excluding diaryl/α,β-unsaturated/α-hetero) is 1. The Morgan fingerprint density at radius 2 is 2.33 bits per heavy atom. The Balaban J connectivity index is 2.63. The summed E-state index contributed by atoms with van der Waals surface area (Å²) in [5, 5.41) is 4.16. The first-order chi connectivity index (χ1) is 6.95. The first kappa shape index (κ1) is 11.9. The average molecular weight is 209 g/mol. The van der Waals surface area contributed by atoms with Gasteiger partial charge in [-0.15, -0.1) is 0 Å². The molecule has 1 heterocycles. The minimum atomic E-state index is -0.716. The van der Waals surface area contributed by atoms with Gasteiger partial charge in [0.25, 0.3) is 0 Å². The number of hydrogen-bond acceptors (Lipinski definition) is 3. The van der Waals surface area contributed by atoms with Crippen molar-refractivity contribution in [3.05, 3.63) is 18.0 Å². The highest BCUT2D eigenvalue weighted by Gasteiger charge is 2.27. The van der Waals surface area contributed by atoms with Crippen LogP contribution in [0.15, 0.2) is 12.3 Å². The molecule has 1 aromatic rings. The van der Waals surface area contributed by atoms with Crippen molar-refractivity contribution in [3.63, 3.8) is 0 Å². The molecule has 1 aromatic heterocycles. The maximum atomic E-state index is 11.9. The van der Waals surface area contributed by atoms with Crippen LogP contribution in [-0.2, 0) is 18.3 Å². The van der Waals surface area contributed by atoms with Crippen LogP contribution < -0.4 is 5.73 Å². The van der Waals surface area contributed by atoms with Gasteiger partial charge in [-0.05, 0) is 19.4 Å². The van der Waals surface area contributed by atoms with Crippen molar-refractivity contribution in [2.24, 2.45) is 12.8 Å². The lowest BCUT2D eigenvalue weighted by molar-refractivity contribution is -0.123. The number of aromatic nitrogens is 2. The van der Waals surface area contributed by atoms with Gasteiger partial charge < -0.3 is 5.73 Å². The summed E-state index contributed by atoms with van der Waals surface area (Å²) < 4.78 is 1.69. The van der Waals surface area contributed by atoms with Gasteiger partial charge in [-0.3, -0.25) is 9.48 Å². The fraction of sp³-hybridized carbons (Fsp3) is 0.636. The van der Waals surface area contributed by atoms with Crippen LogP contribution in [-0.4, -0.2) is 21.1 Å². The predicted octanol–water partition coefficient (Wildman–Crippen LogP) is 1.05. The number of nitrogens with zero attached hydrogens (tertiary/aromatic N) is 2. The van der Waals surface area contributed by atoms with E-state index in [0.29, 0.717) is 6.42 Å². The molecule has 0 spiro atoms. The lowest BCUT2D eigenvalue weighted by atomic mass is 9.90. The van der Waals surface area contributed by atoms with Crippen LogP contribution in [0.4, 0.5) is 0 Å². The van der Waals surface area contributed by atoms with E-state index >= 15 is 0 Å². The van der Waals surface area contributed by atoms with Gasteiger partial charge in [-0.1, -0.05) is 13.3 Å². The summed E-state index contributed by atoms with van der Waals surface area (Å²) >= 11 is 0. The van der Waals surface area contributed by atoms with Crippen molar-refractivity contribution in [2.45, 2.75) is 38.6 Å². The van der Waals surface area contributed by atoms with Gasteiger partial charge in [-0.2, -0.15) is 5.10 Å². The number of nitrogens with two attached hydrogens (primary N) is 1. The van der Waals surface area contributed by atoms with Crippen LogP contribution >= 0.6 is 0 Å². The maximum absolute atomic E-state index is 11.9. The molecular formula is C11H19N3O. The maximum Gasteiger partial charge on any atom is 0.158 e. The largest absolute Gasteiger partial charge is 0.319 e. The van der Waals surface area contributed by atoms with E-state index in [1.165, 1.54) is 0 Å². The summed E-state index contributed by atoms with van der Waals surface area (Å²) in [5.74, 6) is 0.0584. The van der Waals surface area contributed by atoms with E-state index in [4.69, 9.17) is 5.73 Å². The molecule has 0 amide bonds. The SMILES string of the molecule is CCCC(C)(N)C(=O)Cc1ccn(C)n1. The zero-order valence-electron chi connectivity index (χ0n) is 9.66. The topological polar surface area (TPSA) is 60.9 Å². The van der Waals surface area contributed by atoms with Crippen LogP contribution in [0.25, 0.3) is 0 Å². The van der Waals surface area contributed by atoms with Gasteiger partial charge in [0.15, 0.2) is 5.78 Å². The number of aryl methyl sites for hydroxylation is 1. The Labute approximate surface area is 90.5 Å². The third-order valence-electron chi connectivity index (χ3n) is 2.52. The monoisotopic (exact) mass is 209 g/mol. The molecule has 1 unspecified atom stereocenters. The molecule has 1 atom stereocenters. The fourth-order valence-electron chi connectivity index (χ4n) is 1.58. The Morgan fingerprint density at radius 3 is 2.80 bits per heavy atom. The molecule has 0 aliphatic rings. The minimum Gasteiger partial charge on any atom is -0.319 e. The molecule has 0 saturated carbocycles. The first-order valence-electron chi connectivity index (χ1n) is 5.26. The Hall–Kier alpha value is -1.16. The van der Waals surface area contributed by atoms with Crippen LogP contribution in [0.1, 0.15) is 32.4 Å². The van der Waals surface area contributed by atoms with E-state index in [2.05, 4.69) is 5.10 Å². The van der Waals surface area contributed by atoms with E-state index in [-0.39, 0.29) is 5.78 Å². The summed E-state index contributed by atoms with van der Waals surface area (Å²) in [5.41, 5.74) is 6.01. The molecule has 0 bridgehead atoms. The molecule has 0 saturated heterocycles. The van der Waals surface area contributed by atoms with Crippen molar-refractivity contribution < 1.29 is 4.79 Å². The van der Waals surface area contributed by atoms with Crippen LogP contribution in [0.3, 0.4) is 0 Å². The Kier molecular flexibility index (Phi) is 3.63.